The van der Waals surface area contributed by atoms with Gasteiger partial charge >= 0.3 is 0 Å². The number of nitrogens with one attached hydrogen (secondary N) is 1. The lowest BCUT2D eigenvalue weighted by molar-refractivity contribution is -0.121. The molecule has 1 rings (SSSR count). The minimum Gasteiger partial charge on any atom is -0.356 e. The summed E-state index contributed by atoms with van der Waals surface area (Å²) in [5.41, 5.74) is 5.33. The van der Waals surface area contributed by atoms with Gasteiger partial charge in [0.25, 0.3) is 0 Å². The van der Waals surface area contributed by atoms with Crippen LogP contribution in [0.25, 0.3) is 0 Å². The number of amides is 1. The second-order valence-electron chi connectivity index (χ2n) is 3.85. The number of hydrogen-bond donors (Lipinski definition) is 2. The summed E-state index contributed by atoms with van der Waals surface area (Å²) in [6, 6.07) is 0. The molecule has 3 N–H and O–H groups in total. The average molecular weight is 196 g/mol. The van der Waals surface area contributed by atoms with Gasteiger partial charge in [-0.3, -0.25) is 4.79 Å². The van der Waals surface area contributed by atoms with Crippen LogP contribution >= 0.6 is 0 Å². The molecule has 1 unspecified atom stereocenters. The molecule has 0 saturated heterocycles. The maximum absolute atomic E-state index is 11.3. The van der Waals surface area contributed by atoms with Crippen LogP contribution in [0.1, 0.15) is 32.1 Å². The van der Waals surface area contributed by atoms with E-state index in [1.807, 2.05) is 0 Å². The van der Waals surface area contributed by atoms with Crippen molar-refractivity contribution in [3.8, 4) is 0 Å². The molecule has 0 fully saturated rings. The van der Waals surface area contributed by atoms with Gasteiger partial charge in [-0.25, -0.2) is 0 Å². The molecule has 0 aromatic heterocycles. The molecule has 0 aromatic carbocycles. The zero-order valence-electron chi connectivity index (χ0n) is 8.67. The van der Waals surface area contributed by atoms with Gasteiger partial charge < -0.3 is 11.1 Å². The fourth-order valence-corrected chi connectivity index (χ4v) is 1.65. The summed E-state index contributed by atoms with van der Waals surface area (Å²) in [5, 5.41) is 2.96. The van der Waals surface area contributed by atoms with Gasteiger partial charge in [-0.15, -0.1) is 0 Å². The quantitative estimate of drug-likeness (QED) is 0.649. The first-order valence-electron chi connectivity index (χ1n) is 5.44. The van der Waals surface area contributed by atoms with Gasteiger partial charge in [0.15, 0.2) is 0 Å². The molecule has 80 valence electrons. The number of hydrogen-bond acceptors (Lipinski definition) is 2. The van der Waals surface area contributed by atoms with Crippen LogP contribution in [0.3, 0.4) is 0 Å². The number of carbonyl (C=O) groups excluding carboxylic acids is 1. The third-order valence-electron chi connectivity index (χ3n) is 2.57. The molecular formula is C11H20N2O. The van der Waals surface area contributed by atoms with Gasteiger partial charge in [0, 0.05) is 13.0 Å². The van der Waals surface area contributed by atoms with Crippen molar-refractivity contribution in [3.05, 3.63) is 12.2 Å². The second kappa shape index (κ2) is 6.60. The lowest BCUT2D eigenvalue weighted by Crippen LogP contribution is -2.29. The highest BCUT2D eigenvalue weighted by Crippen LogP contribution is 2.16. The van der Waals surface area contributed by atoms with Crippen LogP contribution in [0.5, 0.6) is 0 Å². The van der Waals surface area contributed by atoms with Gasteiger partial charge in [0.2, 0.25) is 5.91 Å². The lowest BCUT2D eigenvalue weighted by Gasteiger charge is -2.17. The zero-order valence-corrected chi connectivity index (χ0v) is 8.67. The number of allylic oxidation sites excluding steroid dienone is 2. The van der Waals surface area contributed by atoms with E-state index < -0.39 is 0 Å². The van der Waals surface area contributed by atoms with E-state index in [0.29, 0.717) is 18.9 Å². The summed E-state index contributed by atoms with van der Waals surface area (Å²) in [6.45, 7) is 1.42. The van der Waals surface area contributed by atoms with E-state index in [9.17, 15) is 4.79 Å². The van der Waals surface area contributed by atoms with Gasteiger partial charge in [-0.2, -0.15) is 0 Å². The first-order valence-corrected chi connectivity index (χ1v) is 5.44. The van der Waals surface area contributed by atoms with E-state index in [-0.39, 0.29) is 5.91 Å². The Morgan fingerprint density at radius 2 is 2.36 bits per heavy atom. The van der Waals surface area contributed by atoms with Crippen LogP contribution < -0.4 is 11.1 Å². The van der Waals surface area contributed by atoms with Crippen molar-refractivity contribution >= 4 is 5.91 Å². The Labute approximate surface area is 85.7 Å². The zero-order chi connectivity index (χ0) is 10.2. The van der Waals surface area contributed by atoms with E-state index in [2.05, 4.69) is 17.5 Å². The molecule has 0 saturated carbocycles. The summed E-state index contributed by atoms with van der Waals surface area (Å²) in [6.07, 6.45) is 9.25. The van der Waals surface area contributed by atoms with Crippen LogP contribution in [-0.4, -0.2) is 19.0 Å². The Morgan fingerprint density at radius 1 is 1.50 bits per heavy atom. The molecule has 1 aliphatic carbocycles. The number of rotatable bonds is 5. The largest absolute Gasteiger partial charge is 0.356 e. The fourth-order valence-electron chi connectivity index (χ4n) is 1.65. The second-order valence-corrected chi connectivity index (χ2v) is 3.85. The molecule has 1 atom stereocenters. The number of carbonyl (C=O) groups is 1. The van der Waals surface area contributed by atoms with Crippen LogP contribution in [0.2, 0.25) is 0 Å². The van der Waals surface area contributed by atoms with Crippen LogP contribution in [0.4, 0.5) is 0 Å². The fraction of sp³-hybridized carbons (Fsp3) is 0.727. The van der Waals surface area contributed by atoms with E-state index in [0.717, 1.165) is 25.8 Å². The van der Waals surface area contributed by atoms with Gasteiger partial charge in [0.1, 0.15) is 0 Å². The van der Waals surface area contributed by atoms with Crippen molar-refractivity contribution in [2.45, 2.75) is 32.1 Å². The minimum atomic E-state index is 0.144. The highest BCUT2D eigenvalue weighted by molar-refractivity contribution is 5.75. The summed E-state index contributed by atoms with van der Waals surface area (Å²) in [7, 11) is 0. The van der Waals surface area contributed by atoms with Crippen molar-refractivity contribution in [3.63, 3.8) is 0 Å². The van der Waals surface area contributed by atoms with E-state index in [4.69, 9.17) is 5.73 Å². The van der Waals surface area contributed by atoms with Crippen molar-refractivity contribution in [2.75, 3.05) is 13.1 Å². The predicted molar refractivity (Wildman–Crippen MR) is 57.8 cm³/mol. The van der Waals surface area contributed by atoms with Crippen molar-refractivity contribution in [2.24, 2.45) is 11.7 Å². The monoisotopic (exact) mass is 196 g/mol. The molecular weight excluding hydrogens is 176 g/mol. The predicted octanol–water partition coefficient (Wildman–Crippen LogP) is 1.20. The maximum atomic E-state index is 11.3. The molecule has 0 aromatic rings. The smallest absolute Gasteiger partial charge is 0.220 e. The summed E-state index contributed by atoms with van der Waals surface area (Å²) >= 11 is 0. The third-order valence-corrected chi connectivity index (χ3v) is 2.57. The van der Waals surface area contributed by atoms with E-state index in [1.54, 1.807) is 0 Å². The molecule has 1 aliphatic rings. The maximum Gasteiger partial charge on any atom is 0.220 e. The first kappa shape index (κ1) is 11.2. The molecule has 0 spiro atoms. The molecule has 0 radical (unpaired) electrons. The SMILES string of the molecule is NCCCC(=O)NCC1CC=CCC1. The standard InChI is InChI=1S/C11H20N2O/c12-8-4-7-11(14)13-9-10-5-2-1-3-6-10/h1-2,10H,3-9,12H2,(H,13,14). The highest BCUT2D eigenvalue weighted by atomic mass is 16.1. The summed E-state index contributed by atoms with van der Waals surface area (Å²) in [5.74, 6) is 0.784. The summed E-state index contributed by atoms with van der Waals surface area (Å²) < 4.78 is 0. The van der Waals surface area contributed by atoms with Crippen molar-refractivity contribution in [1.82, 2.24) is 5.32 Å². The Balaban J connectivity index is 2.07. The third kappa shape index (κ3) is 4.42. The van der Waals surface area contributed by atoms with Crippen molar-refractivity contribution < 1.29 is 4.79 Å². The van der Waals surface area contributed by atoms with Crippen LogP contribution in [0.15, 0.2) is 12.2 Å². The molecule has 1 amide bonds. The lowest BCUT2D eigenvalue weighted by atomic mass is 9.94. The Kier molecular flexibility index (Phi) is 5.30. The molecule has 3 nitrogen and oxygen atoms in total. The Hall–Kier alpha value is -0.830. The molecule has 3 heteroatoms. The highest BCUT2D eigenvalue weighted by Gasteiger charge is 2.10. The normalized spacial score (nSPS) is 20.8. The average Bonchev–Trinajstić information content (AvgIpc) is 2.25. The van der Waals surface area contributed by atoms with E-state index in [1.165, 1.54) is 6.42 Å². The van der Waals surface area contributed by atoms with Crippen molar-refractivity contribution in [1.29, 1.82) is 0 Å². The molecule has 0 heterocycles. The van der Waals surface area contributed by atoms with Crippen LogP contribution in [0, 0.1) is 5.92 Å². The topological polar surface area (TPSA) is 55.1 Å². The Morgan fingerprint density at radius 3 is 3.00 bits per heavy atom. The number of nitrogens with two attached hydrogens (primary N) is 1. The molecule has 0 bridgehead atoms. The molecule has 0 aliphatic heterocycles. The minimum absolute atomic E-state index is 0.144. The van der Waals surface area contributed by atoms with Gasteiger partial charge in [-0.1, -0.05) is 12.2 Å². The van der Waals surface area contributed by atoms with E-state index >= 15 is 0 Å². The van der Waals surface area contributed by atoms with Gasteiger partial charge in [0.05, 0.1) is 0 Å². The summed E-state index contributed by atoms with van der Waals surface area (Å²) in [4.78, 5) is 11.3. The Bertz CT molecular complexity index is 201. The first-order chi connectivity index (χ1) is 6.83. The van der Waals surface area contributed by atoms with Gasteiger partial charge in [-0.05, 0) is 38.1 Å². The molecule has 14 heavy (non-hydrogen) atoms. The van der Waals surface area contributed by atoms with Crippen LogP contribution in [-0.2, 0) is 4.79 Å².